The standard InChI is InChI=1S/C59H74O17/c1-9-10-11-12-13-14-15-16-38(2)70-58-55(76-59-56(72-40(4)61)54(71-39(3)60)52-50(74-59)37-69-57(75-52)44-23-31-48(65-8)32-24-44)53(68-35-43-21-29-47(64-7)30-22-43)51(67-34-42-19-27-46(63-6)28-20-42)49(73-58)36-66-33-41-17-25-45(62-5)26-18-41/h17-32,38,49-59H,11-16,33-37H2,1-8H3/t38-,49+,50+,51+,52+,53-,54-,55+,56+,57+,58+,59-/m0/s1. The van der Waals surface area contributed by atoms with Crippen LogP contribution in [0.3, 0.4) is 0 Å². The molecule has 0 amide bonds. The van der Waals surface area contributed by atoms with Gasteiger partial charge in [0, 0.05) is 25.8 Å². The molecule has 0 unspecified atom stereocenters. The molecule has 3 heterocycles. The number of rotatable bonds is 27. The molecule has 17 heteroatoms. The van der Waals surface area contributed by atoms with Crippen LogP contribution in [0.4, 0.5) is 0 Å². The molecule has 0 aromatic heterocycles. The molecule has 0 N–H and O–H groups in total. The van der Waals surface area contributed by atoms with Crippen LogP contribution in [-0.2, 0) is 81.5 Å². The van der Waals surface area contributed by atoms with Crippen LogP contribution in [0, 0.1) is 11.8 Å². The summed E-state index contributed by atoms with van der Waals surface area (Å²) in [6.45, 7) is 6.91. The number of esters is 2. The van der Waals surface area contributed by atoms with E-state index in [2.05, 4.69) is 11.8 Å². The van der Waals surface area contributed by atoms with Gasteiger partial charge in [0.05, 0.1) is 67.6 Å². The van der Waals surface area contributed by atoms with Gasteiger partial charge in [-0.2, -0.15) is 0 Å². The normalized spacial score (nSPS) is 25.4. The van der Waals surface area contributed by atoms with Gasteiger partial charge in [-0.1, -0.05) is 67.8 Å². The predicted molar refractivity (Wildman–Crippen MR) is 277 cm³/mol. The van der Waals surface area contributed by atoms with Gasteiger partial charge in [0.1, 0.15) is 59.6 Å². The lowest BCUT2D eigenvalue weighted by Crippen LogP contribution is -2.67. The van der Waals surface area contributed by atoms with Gasteiger partial charge in [0.15, 0.2) is 31.1 Å². The van der Waals surface area contributed by atoms with Crippen molar-refractivity contribution in [2.45, 2.75) is 160 Å². The van der Waals surface area contributed by atoms with Crippen LogP contribution in [0.15, 0.2) is 97.1 Å². The van der Waals surface area contributed by atoms with Crippen LogP contribution in [0.5, 0.6) is 23.0 Å². The quantitative estimate of drug-likeness (QED) is 0.0314. The number of benzene rings is 4. The Kier molecular flexibility index (Phi) is 22.6. The van der Waals surface area contributed by atoms with Gasteiger partial charge >= 0.3 is 11.9 Å². The molecule has 0 bridgehead atoms. The molecule has 76 heavy (non-hydrogen) atoms. The van der Waals surface area contributed by atoms with E-state index in [-0.39, 0.29) is 39.1 Å². The lowest BCUT2D eigenvalue weighted by Gasteiger charge is -2.51. The van der Waals surface area contributed by atoms with E-state index in [4.69, 9.17) is 71.1 Å². The number of hydrogen-bond acceptors (Lipinski definition) is 17. The monoisotopic (exact) mass is 1050 g/mol. The van der Waals surface area contributed by atoms with Crippen LogP contribution >= 0.6 is 0 Å². The number of methoxy groups -OCH3 is 4. The van der Waals surface area contributed by atoms with Crippen molar-refractivity contribution >= 4 is 11.9 Å². The molecule has 3 fully saturated rings. The molecular weight excluding hydrogens is 981 g/mol. The number of carbonyl (C=O) groups excluding carboxylic acids is 2. The summed E-state index contributed by atoms with van der Waals surface area (Å²) in [5.41, 5.74) is 3.28. The SMILES string of the molecule is CC#CCCCCCC[C@H](C)O[C@@H]1O[C@H](COCc2ccc(OC)cc2)[C@@H](OCc2ccc(OC)cc2)[C@H](OCc2ccc(OC)cc2)[C@H]1O[C@@H]1O[C@@H]2CO[C@@H](c3ccc(OC)cc3)O[C@H]2[C@H](OC(C)=O)[C@H]1OC(C)=O. The first-order chi connectivity index (χ1) is 37.0. The molecular formula is C59H74O17. The summed E-state index contributed by atoms with van der Waals surface area (Å²) in [5.74, 6) is 7.55. The fourth-order valence-electron chi connectivity index (χ4n) is 9.31. The summed E-state index contributed by atoms with van der Waals surface area (Å²) in [4.78, 5) is 26.2. The maximum atomic E-state index is 13.2. The van der Waals surface area contributed by atoms with Crippen molar-refractivity contribution in [2.75, 3.05) is 41.7 Å². The van der Waals surface area contributed by atoms with Crippen molar-refractivity contribution < 1.29 is 80.6 Å². The van der Waals surface area contributed by atoms with E-state index < -0.39 is 79.6 Å². The lowest BCUT2D eigenvalue weighted by molar-refractivity contribution is -0.397. The van der Waals surface area contributed by atoms with Crippen LogP contribution in [0.25, 0.3) is 0 Å². The molecule has 7 rings (SSSR count). The van der Waals surface area contributed by atoms with Gasteiger partial charge in [-0.15, -0.1) is 11.8 Å². The van der Waals surface area contributed by atoms with E-state index in [1.54, 1.807) is 40.6 Å². The Morgan fingerprint density at radius 1 is 0.592 bits per heavy atom. The highest BCUT2D eigenvalue weighted by Gasteiger charge is 2.57. The Morgan fingerprint density at radius 3 is 1.67 bits per heavy atom. The molecule has 3 aliphatic heterocycles. The molecule has 0 radical (unpaired) electrons. The maximum absolute atomic E-state index is 13.2. The third-order valence-electron chi connectivity index (χ3n) is 13.3. The summed E-state index contributed by atoms with van der Waals surface area (Å²) in [7, 11) is 6.42. The first kappa shape index (κ1) is 57.9. The highest BCUT2D eigenvalue weighted by atomic mass is 16.8. The fourth-order valence-corrected chi connectivity index (χ4v) is 9.31. The van der Waals surface area contributed by atoms with E-state index in [1.165, 1.54) is 13.8 Å². The first-order valence-electron chi connectivity index (χ1n) is 26.0. The van der Waals surface area contributed by atoms with Gasteiger partial charge in [0.2, 0.25) is 0 Å². The van der Waals surface area contributed by atoms with Crippen molar-refractivity contribution in [1.29, 1.82) is 0 Å². The minimum absolute atomic E-state index is 0.00642. The number of ether oxygens (including phenoxy) is 15. The number of fused-ring (bicyclic) bond motifs is 1. The summed E-state index contributed by atoms with van der Waals surface area (Å²) in [6, 6.07) is 29.9. The summed E-state index contributed by atoms with van der Waals surface area (Å²) in [5, 5.41) is 0. The second kappa shape index (κ2) is 29.7. The van der Waals surface area contributed by atoms with Crippen LogP contribution in [0.1, 0.15) is 94.8 Å². The van der Waals surface area contributed by atoms with E-state index in [9.17, 15) is 9.59 Å². The van der Waals surface area contributed by atoms with Crippen molar-refractivity contribution in [3.63, 3.8) is 0 Å². The molecule has 0 aliphatic carbocycles. The Labute approximate surface area is 446 Å². The minimum atomic E-state index is -1.42. The van der Waals surface area contributed by atoms with E-state index in [1.807, 2.05) is 98.8 Å². The molecule has 4 aromatic rings. The van der Waals surface area contributed by atoms with Crippen molar-refractivity contribution in [1.82, 2.24) is 0 Å². The zero-order valence-electron chi connectivity index (χ0n) is 44.9. The first-order valence-corrected chi connectivity index (χ1v) is 26.0. The van der Waals surface area contributed by atoms with Crippen molar-refractivity contribution in [2.24, 2.45) is 0 Å². The van der Waals surface area contributed by atoms with Gasteiger partial charge < -0.3 is 71.1 Å². The number of unbranched alkanes of at least 4 members (excludes halogenated alkanes) is 4. The summed E-state index contributed by atoms with van der Waals surface area (Å²) < 4.78 is 94.9. The zero-order valence-corrected chi connectivity index (χ0v) is 44.9. The number of hydrogen-bond donors (Lipinski definition) is 0. The Hall–Kier alpha value is -5.78. The smallest absolute Gasteiger partial charge is 0.303 e. The molecule has 3 saturated heterocycles. The largest absolute Gasteiger partial charge is 0.497 e. The van der Waals surface area contributed by atoms with Gasteiger partial charge in [-0.3, -0.25) is 9.59 Å². The zero-order chi connectivity index (χ0) is 53.8. The predicted octanol–water partition coefficient (Wildman–Crippen LogP) is 8.99. The Balaban J connectivity index is 1.26. The topological polar surface area (TPSA) is 173 Å². The second-order valence-corrected chi connectivity index (χ2v) is 18.8. The number of carbonyl (C=O) groups is 2. The maximum Gasteiger partial charge on any atom is 0.303 e. The third-order valence-corrected chi connectivity index (χ3v) is 13.3. The Bertz CT molecular complexity index is 2420. The van der Waals surface area contributed by atoms with Crippen molar-refractivity contribution in [3.05, 3.63) is 119 Å². The molecule has 17 nitrogen and oxygen atoms in total. The van der Waals surface area contributed by atoms with Crippen LogP contribution < -0.4 is 18.9 Å². The highest BCUT2D eigenvalue weighted by molar-refractivity contribution is 5.67. The van der Waals surface area contributed by atoms with E-state index >= 15 is 0 Å². The van der Waals surface area contributed by atoms with Gasteiger partial charge in [-0.05, 0) is 91.9 Å². The molecule has 3 aliphatic rings. The molecule has 0 saturated carbocycles. The third kappa shape index (κ3) is 16.6. The van der Waals surface area contributed by atoms with Gasteiger partial charge in [-0.25, -0.2) is 0 Å². The highest BCUT2D eigenvalue weighted by Crippen LogP contribution is 2.40. The Morgan fingerprint density at radius 2 is 1.12 bits per heavy atom. The van der Waals surface area contributed by atoms with Crippen molar-refractivity contribution in [3.8, 4) is 34.8 Å². The molecule has 4 aromatic carbocycles. The van der Waals surface area contributed by atoms with E-state index in [0.717, 1.165) is 54.5 Å². The van der Waals surface area contributed by atoms with Gasteiger partial charge in [0.25, 0.3) is 0 Å². The molecule has 412 valence electrons. The molecule has 12 atom stereocenters. The van der Waals surface area contributed by atoms with Crippen LogP contribution in [-0.4, -0.2) is 121 Å². The second-order valence-electron chi connectivity index (χ2n) is 18.8. The molecule has 0 spiro atoms. The minimum Gasteiger partial charge on any atom is -0.497 e. The summed E-state index contributed by atoms with van der Waals surface area (Å²) in [6.07, 6.45) is -6.52. The average molecular weight is 1060 g/mol. The van der Waals surface area contributed by atoms with E-state index in [0.29, 0.717) is 29.2 Å². The average Bonchev–Trinajstić information content (AvgIpc) is 3.50. The lowest BCUT2D eigenvalue weighted by atomic mass is 9.95. The summed E-state index contributed by atoms with van der Waals surface area (Å²) >= 11 is 0. The fraction of sp³-hybridized carbons (Fsp3) is 0.525. The van der Waals surface area contributed by atoms with Crippen LogP contribution in [0.2, 0.25) is 0 Å².